The Morgan fingerprint density at radius 2 is 2.26 bits per heavy atom. The van der Waals surface area contributed by atoms with Gasteiger partial charge in [0.25, 0.3) is 10.0 Å². The third-order valence-electron chi connectivity index (χ3n) is 2.50. The molecule has 2 aromatic rings. The SMILES string of the molecule is Cc1cnn(CCNCc2ccc(S(N)(=O)=O)o2)c1. The first-order chi connectivity index (χ1) is 8.95. The molecule has 0 unspecified atom stereocenters. The maximum Gasteiger partial charge on any atom is 0.271 e. The number of aryl methyl sites for hydroxylation is 1. The van der Waals surface area contributed by atoms with Crippen molar-refractivity contribution in [2.45, 2.75) is 25.1 Å². The van der Waals surface area contributed by atoms with E-state index >= 15 is 0 Å². The van der Waals surface area contributed by atoms with Crippen LogP contribution in [0, 0.1) is 6.92 Å². The zero-order valence-corrected chi connectivity index (χ0v) is 11.4. The van der Waals surface area contributed by atoms with Gasteiger partial charge in [-0.15, -0.1) is 0 Å². The molecule has 0 amide bonds. The maximum absolute atomic E-state index is 11.0. The fourth-order valence-corrected chi connectivity index (χ4v) is 2.08. The van der Waals surface area contributed by atoms with Gasteiger partial charge < -0.3 is 9.73 Å². The zero-order chi connectivity index (χ0) is 13.9. The van der Waals surface area contributed by atoms with Gasteiger partial charge in [0.2, 0.25) is 5.09 Å². The Hall–Kier alpha value is -1.64. The standard InChI is InChI=1S/C11H16N4O3S/c1-9-6-14-15(8-9)5-4-13-7-10-2-3-11(18-10)19(12,16)17/h2-3,6,8,13H,4-5,7H2,1H3,(H2,12,16,17). The molecule has 2 rings (SSSR count). The average Bonchev–Trinajstić information content (AvgIpc) is 2.93. The third-order valence-corrected chi connectivity index (χ3v) is 3.28. The van der Waals surface area contributed by atoms with Gasteiger partial charge in [-0.25, -0.2) is 13.6 Å². The number of hydrogen-bond donors (Lipinski definition) is 2. The van der Waals surface area contributed by atoms with E-state index in [1.165, 1.54) is 6.07 Å². The zero-order valence-electron chi connectivity index (χ0n) is 10.5. The molecule has 0 saturated heterocycles. The molecule has 0 aliphatic heterocycles. The van der Waals surface area contributed by atoms with Gasteiger partial charge in [-0.1, -0.05) is 0 Å². The molecule has 3 N–H and O–H groups in total. The van der Waals surface area contributed by atoms with E-state index in [1.807, 2.05) is 17.8 Å². The lowest BCUT2D eigenvalue weighted by atomic mass is 10.4. The van der Waals surface area contributed by atoms with Gasteiger partial charge in [0.05, 0.1) is 19.3 Å². The van der Waals surface area contributed by atoms with Gasteiger partial charge in [0.1, 0.15) is 5.76 Å². The summed E-state index contributed by atoms with van der Waals surface area (Å²) in [5.74, 6) is 0.528. The summed E-state index contributed by atoms with van der Waals surface area (Å²) in [6, 6.07) is 2.94. The lowest BCUT2D eigenvalue weighted by Gasteiger charge is -2.03. The molecule has 8 heteroatoms. The highest BCUT2D eigenvalue weighted by Gasteiger charge is 2.12. The number of nitrogens with zero attached hydrogens (tertiary/aromatic N) is 2. The largest absolute Gasteiger partial charge is 0.447 e. The quantitative estimate of drug-likeness (QED) is 0.739. The normalized spacial score (nSPS) is 11.9. The van der Waals surface area contributed by atoms with Crippen molar-refractivity contribution in [3.8, 4) is 0 Å². The van der Waals surface area contributed by atoms with Crippen molar-refractivity contribution >= 4 is 10.0 Å². The number of rotatable bonds is 6. The van der Waals surface area contributed by atoms with Gasteiger partial charge in [0, 0.05) is 12.7 Å². The summed E-state index contributed by atoms with van der Waals surface area (Å²) in [4.78, 5) is 0. The molecule has 0 spiro atoms. The second kappa shape index (κ2) is 5.55. The van der Waals surface area contributed by atoms with Gasteiger partial charge >= 0.3 is 0 Å². The van der Waals surface area contributed by atoms with Gasteiger partial charge in [0.15, 0.2) is 0 Å². The summed E-state index contributed by atoms with van der Waals surface area (Å²) in [6.45, 7) is 3.85. The van der Waals surface area contributed by atoms with E-state index < -0.39 is 10.0 Å². The van der Waals surface area contributed by atoms with Crippen LogP contribution in [0.1, 0.15) is 11.3 Å². The van der Waals surface area contributed by atoms with E-state index in [0.717, 1.165) is 12.1 Å². The molecule has 104 valence electrons. The predicted molar refractivity (Wildman–Crippen MR) is 68.8 cm³/mol. The monoisotopic (exact) mass is 284 g/mol. The molecule has 2 heterocycles. The van der Waals surface area contributed by atoms with Gasteiger partial charge in [-0.3, -0.25) is 4.68 Å². The molecule has 0 fully saturated rings. The lowest BCUT2D eigenvalue weighted by molar-refractivity contribution is 0.399. The molecular weight excluding hydrogens is 268 g/mol. The van der Waals surface area contributed by atoms with E-state index in [0.29, 0.717) is 18.8 Å². The molecule has 0 atom stereocenters. The Morgan fingerprint density at radius 3 is 2.84 bits per heavy atom. The highest BCUT2D eigenvalue weighted by atomic mass is 32.2. The topological polar surface area (TPSA) is 103 Å². The molecule has 0 radical (unpaired) electrons. The molecule has 2 aromatic heterocycles. The van der Waals surface area contributed by atoms with Crippen LogP contribution in [-0.2, 0) is 23.1 Å². The number of hydrogen-bond acceptors (Lipinski definition) is 5. The van der Waals surface area contributed by atoms with Crippen LogP contribution in [-0.4, -0.2) is 24.7 Å². The highest BCUT2D eigenvalue weighted by Crippen LogP contribution is 2.11. The number of sulfonamides is 1. The van der Waals surface area contributed by atoms with E-state index in [2.05, 4.69) is 10.4 Å². The van der Waals surface area contributed by atoms with E-state index in [1.54, 1.807) is 12.3 Å². The minimum atomic E-state index is -3.76. The van der Waals surface area contributed by atoms with Gasteiger partial charge in [-0.05, 0) is 24.6 Å². The molecule has 0 bridgehead atoms. The summed E-state index contributed by atoms with van der Waals surface area (Å²) in [5.41, 5.74) is 1.11. The summed E-state index contributed by atoms with van der Waals surface area (Å²) in [7, 11) is -3.76. The van der Waals surface area contributed by atoms with E-state index in [9.17, 15) is 8.42 Å². The van der Waals surface area contributed by atoms with Crippen LogP contribution in [0.25, 0.3) is 0 Å². The fourth-order valence-electron chi connectivity index (χ4n) is 1.60. The maximum atomic E-state index is 11.0. The van der Waals surface area contributed by atoms with Crippen molar-refractivity contribution in [2.75, 3.05) is 6.54 Å². The molecule has 0 aromatic carbocycles. The Balaban J connectivity index is 1.78. The van der Waals surface area contributed by atoms with Crippen LogP contribution in [0.4, 0.5) is 0 Å². The molecular formula is C11H16N4O3S. The summed E-state index contributed by atoms with van der Waals surface area (Å²) in [6.07, 6.45) is 3.75. The summed E-state index contributed by atoms with van der Waals surface area (Å²) < 4.78 is 29.0. The highest BCUT2D eigenvalue weighted by molar-refractivity contribution is 7.89. The summed E-state index contributed by atoms with van der Waals surface area (Å²) >= 11 is 0. The first-order valence-corrected chi connectivity index (χ1v) is 7.31. The molecule has 0 aliphatic carbocycles. The lowest BCUT2D eigenvalue weighted by Crippen LogP contribution is -2.19. The van der Waals surface area contributed by atoms with Crippen LogP contribution in [0.5, 0.6) is 0 Å². The number of furan rings is 1. The third kappa shape index (κ3) is 3.91. The number of aromatic nitrogens is 2. The molecule has 0 saturated carbocycles. The Kier molecular flexibility index (Phi) is 4.03. The predicted octanol–water partition coefficient (Wildman–Crippen LogP) is 0.222. The first kappa shape index (κ1) is 13.8. The van der Waals surface area contributed by atoms with E-state index in [4.69, 9.17) is 9.56 Å². The number of primary sulfonamides is 1. The van der Waals surface area contributed by atoms with Crippen LogP contribution < -0.4 is 10.5 Å². The van der Waals surface area contributed by atoms with E-state index in [-0.39, 0.29) is 5.09 Å². The van der Waals surface area contributed by atoms with Crippen LogP contribution >= 0.6 is 0 Å². The minimum absolute atomic E-state index is 0.216. The Bertz CT molecular complexity index is 644. The summed E-state index contributed by atoms with van der Waals surface area (Å²) in [5, 5.41) is 12.0. The second-order valence-electron chi connectivity index (χ2n) is 4.22. The smallest absolute Gasteiger partial charge is 0.271 e. The minimum Gasteiger partial charge on any atom is -0.447 e. The van der Waals surface area contributed by atoms with Crippen molar-refractivity contribution in [3.05, 3.63) is 35.9 Å². The van der Waals surface area contributed by atoms with Crippen molar-refractivity contribution in [3.63, 3.8) is 0 Å². The van der Waals surface area contributed by atoms with Crippen molar-refractivity contribution in [1.82, 2.24) is 15.1 Å². The van der Waals surface area contributed by atoms with Crippen molar-refractivity contribution < 1.29 is 12.8 Å². The fraction of sp³-hybridized carbons (Fsp3) is 0.364. The Labute approximate surface area is 111 Å². The Morgan fingerprint density at radius 1 is 1.47 bits per heavy atom. The average molecular weight is 284 g/mol. The number of nitrogens with one attached hydrogen (secondary N) is 1. The molecule has 0 aliphatic rings. The van der Waals surface area contributed by atoms with Gasteiger partial charge in [-0.2, -0.15) is 5.10 Å². The van der Waals surface area contributed by atoms with Crippen LogP contribution in [0.3, 0.4) is 0 Å². The number of nitrogens with two attached hydrogens (primary N) is 1. The molecule has 19 heavy (non-hydrogen) atoms. The van der Waals surface area contributed by atoms with Crippen molar-refractivity contribution in [1.29, 1.82) is 0 Å². The first-order valence-electron chi connectivity index (χ1n) is 5.76. The van der Waals surface area contributed by atoms with Crippen LogP contribution in [0.2, 0.25) is 0 Å². The molecule has 7 nitrogen and oxygen atoms in total. The second-order valence-corrected chi connectivity index (χ2v) is 5.72. The van der Waals surface area contributed by atoms with Crippen molar-refractivity contribution in [2.24, 2.45) is 5.14 Å². The van der Waals surface area contributed by atoms with Crippen LogP contribution in [0.15, 0.2) is 34.0 Å².